The number of cyclic esters (lactones) is 1. The summed E-state index contributed by atoms with van der Waals surface area (Å²) in [5, 5.41) is 15.1. The molecule has 3 aromatic rings. The van der Waals surface area contributed by atoms with E-state index in [2.05, 4.69) is 36.3 Å². The van der Waals surface area contributed by atoms with Crippen molar-refractivity contribution in [2.24, 2.45) is 7.05 Å². The molecule has 2 atom stereocenters. The van der Waals surface area contributed by atoms with Gasteiger partial charge in [-0.3, -0.25) is 4.68 Å². The van der Waals surface area contributed by atoms with Crippen molar-refractivity contribution in [2.75, 3.05) is 6.54 Å². The maximum Gasteiger partial charge on any atom is 0.411 e. The Hall–Kier alpha value is -3.12. The second-order valence-electron chi connectivity index (χ2n) is 10.1. The number of benzene rings is 2. The van der Waals surface area contributed by atoms with E-state index in [1.807, 2.05) is 55.9 Å². The molecule has 2 aromatic carbocycles. The quantitative estimate of drug-likeness (QED) is 0.514. The third-order valence-corrected chi connectivity index (χ3v) is 6.95. The van der Waals surface area contributed by atoms with E-state index in [0.717, 1.165) is 33.6 Å². The third-order valence-electron chi connectivity index (χ3n) is 6.95. The lowest BCUT2D eigenvalue weighted by Gasteiger charge is -2.45. The maximum atomic E-state index is 13.3. The number of aliphatic hydroxyl groups is 1. The minimum absolute atomic E-state index is 0.131. The number of nitrogens with zero attached hydrogens (tertiary/aromatic N) is 3. The molecule has 6 heteroatoms. The molecule has 180 valence electrons. The summed E-state index contributed by atoms with van der Waals surface area (Å²) < 4.78 is 8.03. The second kappa shape index (κ2) is 8.91. The minimum Gasteiger partial charge on any atom is -0.438 e. The van der Waals surface area contributed by atoms with Gasteiger partial charge in [0.25, 0.3) is 0 Å². The largest absolute Gasteiger partial charge is 0.438 e. The van der Waals surface area contributed by atoms with Crippen molar-refractivity contribution < 1.29 is 14.6 Å². The molecule has 0 radical (unpaired) electrons. The van der Waals surface area contributed by atoms with Crippen molar-refractivity contribution in [1.29, 1.82) is 0 Å². The standard InChI is InChI=1S/C28H35N3O3/c1-19-25(21(3)30(6)29-19)23-14-12-22(13-15-23)20(2)31-17-16-28(34-26(31)32,18-27(4,5)33)24-10-8-7-9-11-24/h7-15,20,33H,16-18H2,1-6H3. The van der Waals surface area contributed by atoms with Crippen LogP contribution < -0.4 is 0 Å². The Kier molecular flexibility index (Phi) is 6.30. The third kappa shape index (κ3) is 4.60. The Bertz CT molecular complexity index is 1160. The Labute approximate surface area is 202 Å². The number of hydrogen-bond acceptors (Lipinski definition) is 4. The van der Waals surface area contributed by atoms with Crippen LogP contribution in [0.3, 0.4) is 0 Å². The first kappa shape index (κ1) is 24.0. The summed E-state index contributed by atoms with van der Waals surface area (Å²) in [5.74, 6) is 0. The summed E-state index contributed by atoms with van der Waals surface area (Å²) >= 11 is 0. The molecule has 1 fully saturated rings. The molecule has 0 aliphatic carbocycles. The number of hydrogen-bond donors (Lipinski definition) is 1. The number of carbonyl (C=O) groups excluding carboxylic acids is 1. The van der Waals surface area contributed by atoms with E-state index in [0.29, 0.717) is 19.4 Å². The van der Waals surface area contributed by atoms with Gasteiger partial charge in [0, 0.05) is 37.7 Å². The zero-order valence-corrected chi connectivity index (χ0v) is 21.0. The van der Waals surface area contributed by atoms with Crippen LogP contribution in [0, 0.1) is 13.8 Å². The fourth-order valence-electron chi connectivity index (χ4n) is 5.19. The van der Waals surface area contributed by atoms with Gasteiger partial charge in [0.15, 0.2) is 0 Å². The molecule has 1 N–H and O–H groups in total. The predicted molar refractivity (Wildman–Crippen MR) is 133 cm³/mol. The monoisotopic (exact) mass is 461 g/mol. The summed E-state index contributed by atoms with van der Waals surface area (Å²) in [6.45, 7) is 10.2. The molecule has 0 bridgehead atoms. The van der Waals surface area contributed by atoms with E-state index >= 15 is 0 Å². The van der Waals surface area contributed by atoms with E-state index in [1.165, 1.54) is 0 Å². The highest BCUT2D eigenvalue weighted by atomic mass is 16.6. The van der Waals surface area contributed by atoms with Gasteiger partial charge in [-0.25, -0.2) is 4.79 Å². The highest BCUT2D eigenvalue weighted by Crippen LogP contribution is 2.42. The van der Waals surface area contributed by atoms with E-state index in [1.54, 1.807) is 18.7 Å². The molecule has 0 spiro atoms. The Morgan fingerprint density at radius 2 is 1.76 bits per heavy atom. The van der Waals surface area contributed by atoms with Crippen molar-refractivity contribution in [1.82, 2.24) is 14.7 Å². The lowest BCUT2D eigenvalue weighted by atomic mass is 9.80. The number of carbonyl (C=O) groups is 1. The van der Waals surface area contributed by atoms with Gasteiger partial charge in [0.05, 0.1) is 17.3 Å². The Balaban J connectivity index is 1.55. The lowest BCUT2D eigenvalue weighted by molar-refractivity contribution is -0.101. The first-order valence-corrected chi connectivity index (χ1v) is 11.9. The average Bonchev–Trinajstić information content (AvgIpc) is 3.04. The van der Waals surface area contributed by atoms with Crippen molar-refractivity contribution in [3.05, 3.63) is 77.1 Å². The van der Waals surface area contributed by atoms with Crippen LogP contribution in [0.5, 0.6) is 0 Å². The molecular weight excluding hydrogens is 426 g/mol. The zero-order valence-electron chi connectivity index (χ0n) is 21.0. The van der Waals surface area contributed by atoms with Gasteiger partial charge in [-0.2, -0.15) is 5.10 Å². The molecule has 34 heavy (non-hydrogen) atoms. The van der Waals surface area contributed by atoms with Crippen LogP contribution in [-0.2, 0) is 17.4 Å². The molecule has 1 amide bonds. The molecule has 1 aromatic heterocycles. The highest BCUT2D eigenvalue weighted by molar-refractivity contribution is 5.71. The van der Waals surface area contributed by atoms with Crippen LogP contribution in [0.15, 0.2) is 54.6 Å². The minimum atomic E-state index is -0.970. The van der Waals surface area contributed by atoms with Crippen LogP contribution in [-0.4, -0.2) is 38.0 Å². The molecule has 6 nitrogen and oxygen atoms in total. The van der Waals surface area contributed by atoms with Crippen molar-refractivity contribution in [3.63, 3.8) is 0 Å². The van der Waals surface area contributed by atoms with Gasteiger partial charge in [-0.05, 0) is 51.3 Å². The van der Waals surface area contributed by atoms with Crippen LogP contribution in [0.2, 0.25) is 0 Å². The molecule has 2 unspecified atom stereocenters. The molecule has 1 aliphatic heterocycles. The lowest BCUT2D eigenvalue weighted by Crippen LogP contribution is -2.51. The molecule has 1 aliphatic rings. The normalized spacial score (nSPS) is 19.7. The fourth-order valence-corrected chi connectivity index (χ4v) is 5.19. The van der Waals surface area contributed by atoms with Crippen molar-refractivity contribution in [3.8, 4) is 11.1 Å². The van der Waals surface area contributed by atoms with Crippen LogP contribution >= 0.6 is 0 Å². The Morgan fingerprint density at radius 1 is 1.12 bits per heavy atom. The van der Waals surface area contributed by atoms with Gasteiger partial charge in [-0.15, -0.1) is 0 Å². The van der Waals surface area contributed by atoms with Crippen molar-refractivity contribution >= 4 is 6.09 Å². The van der Waals surface area contributed by atoms with E-state index in [-0.39, 0.29) is 12.1 Å². The summed E-state index contributed by atoms with van der Waals surface area (Å²) in [4.78, 5) is 15.1. The first-order valence-electron chi connectivity index (χ1n) is 11.9. The van der Waals surface area contributed by atoms with E-state index in [4.69, 9.17) is 4.74 Å². The average molecular weight is 462 g/mol. The topological polar surface area (TPSA) is 67.6 Å². The van der Waals surface area contributed by atoms with E-state index in [9.17, 15) is 9.90 Å². The first-order chi connectivity index (χ1) is 16.0. The summed E-state index contributed by atoms with van der Waals surface area (Å²) in [6, 6.07) is 18.0. The van der Waals surface area contributed by atoms with Gasteiger partial charge in [-0.1, -0.05) is 54.6 Å². The fraction of sp³-hybridized carbons (Fsp3) is 0.429. The number of aromatic nitrogens is 2. The SMILES string of the molecule is Cc1nn(C)c(C)c1-c1ccc(C(C)N2CCC(CC(C)(C)O)(c3ccccc3)OC2=O)cc1. The summed E-state index contributed by atoms with van der Waals surface area (Å²) in [5.41, 5.74) is 4.56. The van der Waals surface area contributed by atoms with Crippen LogP contribution in [0.1, 0.15) is 62.2 Å². The number of rotatable bonds is 6. The van der Waals surface area contributed by atoms with Crippen molar-refractivity contribution in [2.45, 2.75) is 64.7 Å². The van der Waals surface area contributed by atoms with Gasteiger partial charge >= 0.3 is 6.09 Å². The molecule has 1 saturated heterocycles. The van der Waals surface area contributed by atoms with E-state index < -0.39 is 11.2 Å². The van der Waals surface area contributed by atoms with Crippen LogP contribution in [0.4, 0.5) is 4.79 Å². The maximum absolute atomic E-state index is 13.3. The summed E-state index contributed by atoms with van der Waals surface area (Å²) in [6.07, 6.45) is 0.606. The number of aryl methyl sites for hydroxylation is 2. The number of ether oxygens (including phenoxy) is 1. The molecule has 4 rings (SSSR count). The molecule has 2 heterocycles. The van der Waals surface area contributed by atoms with Gasteiger partial charge in [0.2, 0.25) is 0 Å². The van der Waals surface area contributed by atoms with Gasteiger partial charge in [0.1, 0.15) is 5.60 Å². The summed E-state index contributed by atoms with van der Waals surface area (Å²) in [7, 11) is 1.96. The second-order valence-corrected chi connectivity index (χ2v) is 10.1. The molecule has 0 saturated carbocycles. The zero-order chi connectivity index (χ0) is 24.7. The predicted octanol–water partition coefficient (Wildman–Crippen LogP) is 5.66. The number of amides is 1. The van der Waals surface area contributed by atoms with Crippen LogP contribution in [0.25, 0.3) is 11.1 Å². The molecular formula is C28H35N3O3. The van der Waals surface area contributed by atoms with Gasteiger partial charge < -0.3 is 14.7 Å². The smallest absolute Gasteiger partial charge is 0.411 e. The highest BCUT2D eigenvalue weighted by Gasteiger charge is 2.46. The Morgan fingerprint density at radius 3 is 2.29 bits per heavy atom.